The van der Waals surface area contributed by atoms with Gasteiger partial charge in [0.1, 0.15) is 6.61 Å². The average Bonchev–Trinajstić information content (AvgIpc) is 2.71. The van der Waals surface area contributed by atoms with Gasteiger partial charge in [-0.3, -0.25) is 9.69 Å². The van der Waals surface area contributed by atoms with Crippen LogP contribution in [-0.4, -0.2) is 50.3 Å². The molecule has 1 N–H and O–H groups in total. The number of carbonyl (C=O) groups is 1. The molecule has 0 bridgehead atoms. The van der Waals surface area contributed by atoms with Gasteiger partial charge in [0, 0.05) is 11.6 Å². The molecule has 0 saturated carbocycles. The van der Waals surface area contributed by atoms with E-state index in [9.17, 15) is 4.79 Å². The van der Waals surface area contributed by atoms with Gasteiger partial charge in [-0.25, -0.2) is 0 Å². The minimum Gasteiger partial charge on any atom is -0.487 e. The number of nitrogens with zero attached hydrogens (tertiary/aromatic N) is 1. The number of halogens is 1. The number of nitrogens with one attached hydrogen (secondary N) is 1. The zero-order chi connectivity index (χ0) is 21.3. The molecule has 6 nitrogen and oxygen atoms in total. The van der Waals surface area contributed by atoms with Gasteiger partial charge in [-0.2, -0.15) is 0 Å². The number of carbonyl (C=O) groups excluding carboxylic acids is 1. The molecule has 0 aromatic heterocycles. The largest absolute Gasteiger partial charge is 0.487 e. The van der Waals surface area contributed by atoms with Gasteiger partial charge < -0.3 is 19.5 Å². The van der Waals surface area contributed by atoms with Crippen molar-refractivity contribution in [1.29, 1.82) is 0 Å². The van der Waals surface area contributed by atoms with Crippen molar-refractivity contribution < 1.29 is 19.0 Å². The number of anilines is 1. The van der Waals surface area contributed by atoms with Gasteiger partial charge in [-0.15, -0.1) is 0 Å². The molecule has 1 heterocycles. The number of amides is 1. The summed E-state index contributed by atoms with van der Waals surface area (Å²) in [6.45, 7) is 7.54. The molecule has 1 aliphatic heterocycles. The summed E-state index contributed by atoms with van der Waals surface area (Å²) in [5.41, 5.74) is 0.525. The van der Waals surface area contributed by atoms with E-state index in [-0.39, 0.29) is 12.5 Å². The molecule has 1 aliphatic rings. The maximum atomic E-state index is 12.8. The molecule has 0 spiro atoms. The molecule has 2 aromatic rings. The Kier molecular flexibility index (Phi) is 8.37. The second kappa shape index (κ2) is 11.2. The summed E-state index contributed by atoms with van der Waals surface area (Å²) in [5, 5.41) is 3.47. The highest BCUT2D eigenvalue weighted by Gasteiger charge is 2.16. The van der Waals surface area contributed by atoms with Crippen molar-refractivity contribution in [1.82, 2.24) is 4.90 Å². The summed E-state index contributed by atoms with van der Waals surface area (Å²) in [6.07, 6.45) is 1.01. The molecule has 0 saturated heterocycles. The summed E-state index contributed by atoms with van der Waals surface area (Å²) in [6, 6.07) is 12.6. The lowest BCUT2D eigenvalue weighted by molar-refractivity contribution is -0.117. The average molecular weight is 433 g/mol. The molecule has 0 aliphatic carbocycles. The summed E-state index contributed by atoms with van der Waals surface area (Å²) in [5.74, 6) is 2.12. The second-order valence-corrected chi connectivity index (χ2v) is 8.09. The predicted molar refractivity (Wildman–Crippen MR) is 119 cm³/mol. The Labute approximate surface area is 183 Å². The molecule has 0 unspecified atom stereocenters. The van der Waals surface area contributed by atoms with Crippen molar-refractivity contribution in [3.05, 3.63) is 47.5 Å². The van der Waals surface area contributed by atoms with Crippen LogP contribution in [0.4, 0.5) is 5.69 Å². The van der Waals surface area contributed by atoms with Crippen LogP contribution in [0.1, 0.15) is 20.3 Å². The van der Waals surface area contributed by atoms with Crippen molar-refractivity contribution in [2.75, 3.05) is 44.8 Å². The molecule has 0 radical (unpaired) electrons. The smallest absolute Gasteiger partial charge is 0.238 e. The van der Waals surface area contributed by atoms with Crippen LogP contribution in [0.2, 0.25) is 5.02 Å². The Hall–Kier alpha value is -2.28. The van der Waals surface area contributed by atoms with Crippen LogP contribution in [0.15, 0.2) is 42.5 Å². The predicted octanol–water partition coefficient (Wildman–Crippen LogP) is 4.83. The molecule has 1 amide bonds. The maximum Gasteiger partial charge on any atom is 0.238 e. The number of benzene rings is 2. The van der Waals surface area contributed by atoms with E-state index in [4.69, 9.17) is 25.8 Å². The SMILES string of the molecule is CC(C)CCN1CCOCCOc2ccccc2Oc2ccc(Cl)cc2NC(=O)C1. The van der Waals surface area contributed by atoms with E-state index in [0.717, 1.165) is 13.0 Å². The van der Waals surface area contributed by atoms with Crippen LogP contribution < -0.4 is 14.8 Å². The van der Waals surface area contributed by atoms with Crippen molar-refractivity contribution in [3.63, 3.8) is 0 Å². The summed E-state index contributed by atoms with van der Waals surface area (Å²) < 4.78 is 17.6. The van der Waals surface area contributed by atoms with Gasteiger partial charge in [0.15, 0.2) is 17.2 Å². The topological polar surface area (TPSA) is 60.0 Å². The van der Waals surface area contributed by atoms with E-state index < -0.39 is 0 Å². The molecular weight excluding hydrogens is 404 g/mol. The third kappa shape index (κ3) is 6.90. The Bertz CT molecular complexity index is 844. The Balaban J connectivity index is 1.84. The highest BCUT2D eigenvalue weighted by Crippen LogP contribution is 2.36. The van der Waals surface area contributed by atoms with Gasteiger partial charge in [0.05, 0.1) is 25.4 Å². The highest BCUT2D eigenvalue weighted by atomic mass is 35.5. The third-order valence-electron chi connectivity index (χ3n) is 4.71. The van der Waals surface area contributed by atoms with E-state index >= 15 is 0 Å². The molecule has 2 aromatic carbocycles. The Morgan fingerprint density at radius 3 is 2.67 bits per heavy atom. The first-order valence-corrected chi connectivity index (χ1v) is 10.7. The van der Waals surface area contributed by atoms with Gasteiger partial charge in [-0.05, 0) is 49.2 Å². The molecular formula is C23H29ClN2O4. The zero-order valence-electron chi connectivity index (χ0n) is 17.5. The van der Waals surface area contributed by atoms with E-state index in [1.54, 1.807) is 18.2 Å². The minimum atomic E-state index is -0.120. The highest BCUT2D eigenvalue weighted by molar-refractivity contribution is 6.31. The van der Waals surface area contributed by atoms with Crippen LogP contribution in [-0.2, 0) is 9.53 Å². The molecule has 0 atom stereocenters. The lowest BCUT2D eigenvalue weighted by atomic mass is 10.1. The monoisotopic (exact) mass is 432 g/mol. The van der Waals surface area contributed by atoms with Gasteiger partial charge >= 0.3 is 0 Å². The summed E-state index contributed by atoms with van der Waals surface area (Å²) in [4.78, 5) is 14.9. The van der Waals surface area contributed by atoms with Gasteiger partial charge in [0.2, 0.25) is 5.91 Å². The first-order valence-electron chi connectivity index (χ1n) is 10.3. The number of hydrogen-bond donors (Lipinski definition) is 1. The van der Waals surface area contributed by atoms with E-state index in [1.165, 1.54) is 0 Å². The summed E-state index contributed by atoms with van der Waals surface area (Å²) in [7, 11) is 0. The van der Waals surface area contributed by atoms with Crippen molar-refractivity contribution in [2.45, 2.75) is 20.3 Å². The fourth-order valence-corrected chi connectivity index (χ4v) is 3.24. The van der Waals surface area contributed by atoms with Crippen LogP contribution in [0.3, 0.4) is 0 Å². The van der Waals surface area contributed by atoms with Crippen molar-refractivity contribution in [3.8, 4) is 17.2 Å². The fraction of sp³-hybridized carbons (Fsp3) is 0.435. The van der Waals surface area contributed by atoms with E-state index in [2.05, 4.69) is 24.1 Å². The number of ether oxygens (including phenoxy) is 3. The van der Waals surface area contributed by atoms with Gasteiger partial charge in [-0.1, -0.05) is 37.6 Å². The maximum absolute atomic E-state index is 12.8. The first kappa shape index (κ1) is 22.4. The summed E-state index contributed by atoms with van der Waals surface area (Å²) >= 11 is 6.17. The van der Waals surface area contributed by atoms with Crippen LogP contribution >= 0.6 is 11.6 Å². The molecule has 7 heteroatoms. The number of para-hydroxylation sites is 2. The van der Waals surface area contributed by atoms with E-state index in [1.807, 2.05) is 24.3 Å². The zero-order valence-corrected chi connectivity index (χ0v) is 18.3. The standard InChI is InChI=1S/C23H29ClN2O4/c1-17(2)9-10-26-11-12-28-13-14-29-21-5-3-4-6-22(21)30-20-8-7-18(24)15-19(20)25-23(27)16-26/h3-8,15,17H,9-14,16H2,1-2H3,(H,25,27). The number of hydrogen-bond acceptors (Lipinski definition) is 5. The second-order valence-electron chi connectivity index (χ2n) is 7.66. The lowest BCUT2D eigenvalue weighted by Crippen LogP contribution is -2.37. The van der Waals surface area contributed by atoms with Crippen LogP contribution in [0.25, 0.3) is 0 Å². The van der Waals surface area contributed by atoms with Crippen LogP contribution in [0, 0.1) is 5.92 Å². The number of fused-ring (bicyclic) bond motifs is 2. The third-order valence-corrected chi connectivity index (χ3v) is 4.95. The Morgan fingerprint density at radius 2 is 1.87 bits per heavy atom. The molecule has 30 heavy (non-hydrogen) atoms. The normalized spacial score (nSPS) is 16.3. The first-order chi connectivity index (χ1) is 14.5. The van der Waals surface area contributed by atoms with Crippen LogP contribution in [0.5, 0.6) is 17.2 Å². The molecule has 0 fully saturated rings. The van der Waals surface area contributed by atoms with Gasteiger partial charge in [0.25, 0.3) is 0 Å². The Morgan fingerprint density at radius 1 is 1.07 bits per heavy atom. The quantitative estimate of drug-likeness (QED) is 0.752. The van der Waals surface area contributed by atoms with E-state index in [0.29, 0.717) is 60.2 Å². The van der Waals surface area contributed by atoms with Crippen molar-refractivity contribution >= 4 is 23.2 Å². The minimum absolute atomic E-state index is 0.120. The molecule has 3 rings (SSSR count). The van der Waals surface area contributed by atoms with Crippen molar-refractivity contribution in [2.24, 2.45) is 5.92 Å². The lowest BCUT2D eigenvalue weighted by Gasteiger charge is -2.23. The number of rotatable bonds is 3. The fourth-order valence-electron chi connectivity index (χ4n) is 3.07. The molecule has 162 valence electrons.